The summed E-state index contributed by atoms with van der Waals surface area (Å²) in [5.74, 6) is 0.595. The minimum atomic E-state index is -0.515. The fraction of sp³-hybridized carbons (Fsp3) is 0.261. The number of hydrogen-bond donors (Lipinski definition) is 0. The molecule has 5 nitrogen and oxygen atoms in total. The third-order valence-corrected chi connectivity index (χ3v) is 5.74. The summed E-state index contributed by atoms with van der Waals surface area (Å²) in [5, 5.41) is 3.96. The molecule has 6 heteroatoms. The summed E-state index contributed by atoms with van der Waals surface area (Å²) in [6.45, 7) is 7.40. The lowest BCUT2D eigenvalue weighted by atomic mass is 9.98. The minimum absolute atomic E-state index is 0.206. The molecule has 0 aliphatic heterocycles. The van der Waals surface area contributed by atoms with Gasteiger partial charge in [-0.1, -0.05) is 23.4 Å². The summed E-state index contributed by atoms with van der Waals surface area (Å²) in [6.07, 6.45) is 0. The van der Waals surface area contributed by atoms with E-state index in [-0.39, 0.29) is 12.4 Å². The topological polar surface area (TPSA) is 69.4 Å². The monoisotopic (exact) mass is 409 g/mol. The number of aromatic nitrogens is 1. The normalized spacial score (nSPS) is 10.8. The van der Waals surface area contributed by atoms with Crippen LogP contribution >= 0.6 is 11.8 Å². The number of carbonyl (C=O) groups excluding carboxylic acids is 2. The molecule has 150 valence electrons. The summed E-state index contributed by atoms with van der Waals surface area (Å²) in [7, 11) is 0. The Morgan fingerprint density at radius 2 is 1.69 bits per heavy atom. The minimum Gasteiger partial charge on any atom is -0.454 e. The first-order valence-electron chi connectivity index (χ1n) is 9.27. The van der Waals surface area contributed by atoms with Gasteiger partial charge in [0.1, 0.15) is 5.76 Å². The average molecular weight is 410 g/mol. The van der Waals surface area contributed by atoms with E-state index in [1.54, 1.807) is 12.1 Å². The quantitative estimate of drug-likeness (QED) is 0.302. The molecule has 0 N–H and O–H groups in total. The van der Waals surface area contributed by atoms with Crippen LogP contribution in [0.4, 0.5) is 0 Å². The molecule has 1 heterocycles. The Bertz CT molecular complexity index is 1050. The van der Waals surface area contributed by atoms with Crippen molar-refractivity contribution in [2.24, 2.45) is 0 Å². The van der Waals surface area contributed by atoms with Gasteiger partial charge >= 0.3 is 5.97 Å². The molecule has 0 spiro atoms. The zero-order valence-electron chi connectivity index (χ0n) is 16.9. The molecule has 0 radical (unpaired) electrons. The third-order valence-electron chi connectivity index (χ3n) is 4.63. The largest absolute Gasteiger partial charge is 0.454 e. The van der Waals surface area contributed by atoms with Gasteiger partial charge in [0, 0.05) is 22.3 Å². The highest BCUT2D eigenvalue weighted by molar-refractivity contribution is 7.98. The molecule has 0 aliphatic rings. The van der Waals surface area contributed by atoms with Crippen LogP contribution in [0.1, 0.15) is 48.9 Å². The van der Waals surface area contributed by atoms with Gasteiger partial charge < -0.3 is 9.26 Å². The van der Waals surface area contributed by atoms with Crippen molar-refractivity contribution < 1.29 is 18.8 Å². The highest BCUT2D eigenvalue weighted by Crippen LogP contribution is 2.27. The number of Topliss-reactive ketones (excluding diaryl/α,β-unsaturated/α-hetero) is 1. The number of nitrogens with zero attached hydrogens (tertiary/aromatic N) is 1. The number of benzene rings is 2. The Balaban J connectivity index is 1.66. The Hall–Kier alpha value is -2.86. The number of carbonyl (C=O) groups is 2. The number of rotatable bonds is 7. The molecule has 0 amide bonds. The summed E-state index contributed by atoms with van der Waals surface area (Å²) >= 11 is 1.47. The summed E-state index contributed by atoms with van der Waals surface area (Å²) in [5.41, 5.74) is 4.87. The summed E-state index contributed by atoms with van der Waals surface area (Å²) < 4.78 is 10.4. The second kappa shape index (κ2) is 9.09. The van der Waals surface area contributed by atoms with Crippen molar-refractivity contribution in [2.75, 3.05) is 6.61 Å². The average Bonchev–Trinajstić information content (AvgIpc) is 3.12. The molecule has 0 aliphatic carbocycles. The van der Waals surface area contributed by atoms with E-state index in [1.807, 2.05) is 58.0 Å². The highest BCUT2D eigenvalue weighted by Gasteiger charge is 2.17. The van der Waals surface area contributed by atoms with Crippen molar-refractivity contribution in [3.8, 4) is 0 Å². The van der Waals surface area contributed by atoms with E-state index in [0.717, 1.165) is 33.0 Å². The van der Waals surface area contributed by atoms with Crippen LogP contribution in [0.2, 0.25) is 0 Å². The van der Waals surface area contributed by atoms with Crippen LogP contribution in [0.25, 0.3) is 0 Å². The van der Waals surface area contributed by atoms with Gasteiger partial charge in [0.25, 0.3) is 0 Å². The molecule has 3 rings (SSSR count). The standard InChI is InChI=1S/C23H23NO4S/c1-14-9-16(3)20(10-15(14)2)21(25)12-27-23(26)19-7-5-6-8-22(19)29-13-18-11-17(4)28-24-18/h5-11H,12-13H2,1-4H3. The molecule has 0 unspecified atom stereocenters. The number of hydrogen-bond acceptors (Lipinski definition) is 6. The van der Waals surface area contributed by atoms with E-state index in [4.69, 9.17) is 9.26 Å². The SMILES string of the molecule is Cc1cc(CSc2ccccc2C(=O)OCC(=O)c2cc(C)c(C)cc2C)no1. The molecule has 29 heavy (non-hydrogen) atoms. The first-order valence-corrected chi connectivity index (χ1v) is 10.3. The zero-order chi connectivity index (χ0) is 21.0. The highest BCUT2D eigenvalue weighted by atomic mass is 32.2. The third kappa shape index (κ3) is 5.15. The molecule has 1 aromatic heterocycles. The van der Waals surface area contributed by atoms with Gasteiger partial charge in [-0.15, -0.1) is 11.8 Å². The van der Waals surface area contributed by atoms with Crippen molar-refractivity contribution in [1.82, 2.24) is 5.16 Å². The lowest BCUT2D eigenvalue weighted by Gasteiger charge is -2.11. The number of ketones is 1. The fourth-order valence-electron chi connectivity index (χ4n) is 2.95. The molecule has 0 bridgehead atoms. The van der Waals surface area contributed by atoms with Gasteiger partial charge in [0.2, 0.25) is 5.78 Å². The molecule has 0 saturated carbocycles. The first kappa shape index (κ1) is 20.9. The Labute approximate surface area is 174 Å². The van der Waals surface area contributed by atoms with E-state index in [0.29, 0.717) is 16.9 Å². The Kier molecular flexibility index (Phi) is 6.54. The van der Waals surface area contributed by atoms with Crippen LogP contribution in [-0.4, -0.2) is 23.5 Å². The van der Waals surface area contributed by atoms with Gasteiger partial charge in [-0.05, 0) is 62.6 Å². The van der Waals surface area contributed by atoms with Crippen LogP contribution < -0.4 is 0 Å². The van der Waals surface area contributed by atoms with Gasteiger partial charge in [-0.2, -0.15) is 0 Å². The predicted octanol–water partition coefficient (Wildman–Crippen LogP) is 5.24. The smallest absolute Gasteiger partial charge is 0.339 e. The van der Waals surface area contributed by atoms with Crippen molar-refractivity contribution >= 4 is 23.5 Å². The first-order chi connectivity index (χ1) is 13.8. The number of aryl methyl sites for hydroxylation is 4. The molecule has 0 atom stereocenters. The lowest BCUT2D eigenvalue weighted by molar-refractivity contribution is 0.0471. The molecule has 0 fully saturated rings. The van der Waals surface area contributed by atoms with Crippen LogP contribution in [0.3, 0.4) is 0 Å². The molecule has 2 aromatic carbocycles. The Morgan fingerprint density at radius 3 is 2.41 bits per heavy atom. The molecule has 3 aromatic rings. The van der Waals surface area contributed by atoms with Gasteiger partial charge in [-0.3, -0.25) is 4.79 Å². The van der Waals surface area contributed by atoms with Crippen molar-refractivity contribution in [1.29, 1.82) is 0 Å². The van der Waals surface area contributed by atoms with Crippen molar-refractivity contribution in [3.05, 3.63) is 81.7 Å². The van der Waals surface area contributed by atoms with E-state index in [1.165, 1.54) is 11.8 Å². The maximum atomic E-state index is 12.6. The van der Waals surface area contributed by atoms with Crippen LogP contribution in [-0.2, 0) is 10.5 Å². The van der Waals surface area contributed by atoms with E-state index >= 15 is 0 Å². The van der Waals surface area contributed by atoms with E-state index in [9.17, 15) is 9.59 Å². The lowest BCUT2D eigenvalue weighted by Crippen LogP contribution is -2.16. The number of ether oxygens (including phenoxy) is 1. The number of esters is 1. The molecule has 0 saturated heterocycles. The van der Waals surface area contributed by atoms with Gasteiger partial charge in [-0.25, -0.2) is 4.79 Å². The van der Waals surface area contributed by atoms with E-state index in [2.05, 4.69) is 5.16 Å². The maximum Gasteiger partial charge on any atom is 0.339 e. The van der Waals surface area contributed by atoms with Crippen molar-refractivity contribution in [2.45, 2.75) is 38.3 Å². The predicted molar refractivity (Wildman–Crippen MR) is 113 cm³/mol. The van der Waals surface area contributed by atoms with Crippen LogP contribution in [0, 0.1) is 27.7 Å². The summed E-state index contributed by atoms with van der Waals surface area (Å²) in [6, 6.07) is 12.9. The van der Waals surface area contributed by atoms with Gasteiger partial charge in [0.15, 0.2) is 6.61 Å². The second-order valence-electron chi connectivity index (χ2n) is 6.96. The van der Waals surface area contributed by atoms with E-state index < -0.39 is 5.97 Å². The molecular weight excluding hydrogens is 386 g/mol. The second-order valence-corrected chi connectivity index (χ2v) is 7.98. The number of thioether (sulfide) groups is 1. The van der Waals surface area contributed by atoms with Crippen LogP contribution in [0.5, 0.6) is 0 Å². The fourth-order valence-corrected chi connectivity index (χ4v) is 3.87. The van der Waals surface area contributed by atoms with Crippen LogP contribution in [0.15, 0.2) is 51.9 Å². The Morgan fingerprint density at radius 1 is 0.966 bits per heavy atom. The van der Waals surface area contributed by atoms with Gasteiger partial charge in [0.05, 0.1) is 11.3 Å². The zero-order valence-corrected chi connectivity index (χ0v) is 17.8. The van der Waals surface area contributed by atoms with Crippen molar-refractivity contribution in [3.63, 3.8) is 0 Å². The summed E-state index contributed by atoms with van der Waals surface area (Å²) in [4.78, 5) is 25.9. The maximum absolute atomic E-state index is 12.6. The molecular formula is C23H23NO4S.